The van der Waals surface area contributed by atoms with Crippen molar-refractivity contribution in [1.82, 2.24) is 9.80 Å². The molecule has 1 aromatic rings. The van der Waals surface area contributed by atoms with Gasteiger partial charge in [-0.2, -0.15) is 0 Å². The van der Waals surface area contributed by atoms with E-state index < -0.39 is 0 Å². The minimum Gasteiger partial charge on any atom is -0.373 e. The number of benzene rings is 1. The largest absolute Gasteiger partial charge is 0.373 e. The molecule has 1 aliphatic rings. The molecule has 0 saturated carbocycles. The minimum absolute atomic E-state index is 0.598. The Hall–Kier alpha value is -1.28. The van der Waals surface area contributed by atoms with Gasteiger partial charge >= 0.3 is 0 Å². The molecule has 0 N–H and O–H groups in total. The number of hydrogen-bond donors (Lipinski definition) is 0. The first-order valence-electron chi connectivity index (χ1n) is 6.35. The average Bonchev–Trinajstić information content (AvgIpc) is 2.33. The Bertz CT molecular complexity index is 372. The average molecular weight is 230 g/mol. The van der Waals surface area contributed by atoms with Gasteiger partial charge in [0, 0.05) is 37.9 Å². The Labute approximate surface area is 105 Å². The first-order valence-corrected chi connectivity index (χ1v) is 6.35. The maximum Gasteiger partial charge on any atom is 0.0329 e. The van der Waals surface area contributed by atoms with Crippen molar-refractivity contribution < 1.29 is 0 Å². The van der Waals surface area contributed by atoms with Crippen LogP contribution in [0.3, 0.4) is 0 Å². The van der Waals surface area contributed by atoms with Crippen molar-refractivity contribution >= 4 is 0 Å². The van der Waals surface area contributed by atoms with E-state index in [0.717, 1.165) is 26.2 Å². The summed E-state index contributed by atoms with van der Waals surface area (Å²) in [5, 5.41) is 0. The molecule has 0 aliphatic carbocycles. The van der Waals surface area contributed by atoms with Crippen LogP contribution in [0.5, 0.6) is 0 Å². The van der Waals surface area contributed by atoms with Crippen LogP contribution in [-0.2, 0) is 6.54 Å². The number of allylic oxidation sites excluding steroid dienone is 1. The molecule has 1 saturated heterocycles. The molecule has 1 aromatic carbocycles. The Morgan fingerprint density at radius 2 is 2.00 bits per heavy atom. The molecule has 17 heavy (non-hydrogen) atoms. The molecule has 2 rings (SSSR count). The maximum absolute atomic E-state index is 4.03. The van der Waals surface area contributed by atoms with E-state index in [2.05, 4.69) is 60.6 Å². The van der Waals surface area contributed by atoms with E-state index in [9.17, 15) is 0 Å². The van der Waals surface area contributed by atoms with Gasteiger partial charge in [-0.25, -0.2) is 0 Å². The summed E-state index contributed by atoms with van der Waals surface area (Å²) < 4.78 is 0. The molecular formula is C15H22N2. The lowest BCUT2D eigenvalue weighted by atomic mass is 10.1. The fourth-order valence-corrected chi connectivity index (χ4v) is 2.39. The van der Waals surface area contributed by atoms with Gasteiger partial charge < -0.3 is 4.90 Å². The monoisotopic (exact) mass is 230 g/mol. The minimum atomic E-state index is 0.598. The van der Waals surface area contributed by atoms with E-state index in [1.807, 2.05) is 0 Å². The van der Waals surface area contributed by atoms with Crippen LogP contribution in [0.2, 0.25) is 0 Å². The normalized spacial score (nSPS) is 21.5. The van der Waals surface area contributed by atoms with Crippen LogP contribution in [0.15, 0.2) is 42.6 Å². The van der Waals surface area contributed by atoms with Gasteiger partial charge in [0.1, 0.15) is 0 Å². The summed E-state index contributed by atoms with van der Waals surface area (Å²) in [6.45, 7) is 12.8. The Balaban J connectivity index is 1.94. The van der Waals surface area contributed by atoms with Crippen molar-refractivity contribution in [3.63, 3.8) is 0 Å². The van der Waals surface area contributed by atoms with Gasteiger partial charge in [0.15, 0.2) is 0 Å². The molecule has 0 bridgehead atoms. The second-order valence-electron chi connectivity index (χ2n) is 4.99. The lowest BCUT2D eigenvalue weighted by Crippen LogP contribution is -2.50. The SMILES string of the molecule is C=C(C)N1CCN(Cc2ccccc2)C(C)C1. The molecule has 0 radical (unpaired) electrons. The summed E-state index contributed by atoms with van der Waals surface area (Å²) in [6, 6.07) is 11.3. The molecule has 1 fully saturated rings. The zero-order chi connectivity index (χ0) is 12.3. The highest BCUT2D eigenvalue weighted by atomic mass is 15.3. The van der Waals surface area contributed by atoms with Crippen molar-refractivity contribution in [2.45, 2.75) is 26.4 Å². The third-order valence-electron chi connectivity index (χ3n) is 3.53. The van der Waals surface area contributed by atoms with Crippen molar-refractivity contribution in [2.24, 2.45) is 0 Å². The van der Waals surface area contributed by atoms with E-state index in [1.165, 1.54) is 11.3 Å². The predicted octanol–water partition coefficient (Wildman–Crippen LogP) is 2.73. The Morgan fingerprint density at radius 1 is 1.29 bits per heavy atom. The number of hydrogen-bond acceptors (Lipinski definition) is 2. The molecule has 2 heteroatoms. The summed E-state index contributed by atoms with van der Waals surface area (Å²) >= 11 is 0. The van der Waals surface area contributed by atoms with Crippen LogP contribution >= 0.6 is 0 Å². The number of nitrogens with zero attached hydrogens (tertiary/aromatic N) is 2. The summed E-state index contributed by atoms with van der Waals surface area (Å²) in [7, 11) is 0. The number of piperazine rings is 1. The standard InChI is InChI=1S/C15H22N2/c1-13(2)16-9-10-17(14(3)11-16)12-15-7-5-4-6-8-15/h4-8,14H,1,9-12H2,2-3H3. The van der Waals surface area contributed by atoms with Gasteiger partial charge in [0.05, 0.1) is 0 Å². The molecule has 1 aliphatic heterocycles. The zero-order valence-corrected chi connectivity index (χ0v) is 10.9. The number of rotatable bonds is 3. The van der Waals surface area contributed by atoms with E-state index >= 15 is 0 Å². The maximum atomic E-state index is 4.03. The van der Waals surface area contributed by atoms with E-state index in [4.69, 9.17) is 0 Å². The first kappa shape index (κ1) is 12.2. The van der Waals surface area contributed by atoms with Crippen LogP contribution in [0, 0.1) is 0 Å². The topological polar surface area (TPSA) is 6.48 Å². The molecule has 0 spiro atoms. The highest BCUT2D eigenvalue weighted by molar-refractivity contribution is 5.14. The Kier molecular flexibility index (Phi) is 3.85. The van der Waals surface area contributed by atoms with Gasteiger partial charge in [0.25, 0.3) is 0 Å². The van der Waals surface area contributed by atoms with E-state index in [1.54, 1.807) is 0 Å². The third-order valence-corrected chi connectivity index (χ3v) is 3.53. The van der Waals surface area contributed by atoms with E-state index in [-0.39, 0.29) is 0 Å². The zero-order valence-electron chi connectivity index (χ0n) is 10.9. The molecular weight excluding hydrogens is 208 g/mol. The second-order valence-corrected chi connectivity index (χ2v) is 4.99. The van der Waals surface area contributed by atoms with Gasteiger partial charge in [-0.1, -0.05) is 36.9 Å². The van der Waals surface area contributed by atoms with Crippen molar-refractivity contribution in [3.8, 4) is 0 Å². The fraction of sp³-hybridized carbons (Fsp3) is 0.467. The van der Waals surface area contributed by atoms with Crippen LogP contribution in [-0.4, -0.2) is 35.5 Å². The van der Waals surface area contributed by atoms with E-state index in [0.29, 0.717) is 6.04 Å². The highest BCUT2D eigenvalue weighted by Crippen LogP contribution is 2.16. The molecule has 2 nitrogen and oxygen atoms in total. The lowest BCUT2D eigenvalue weighted by Gasteiger charge is -2.41. The Morgan fingerprint density at radius 3 is 2.59 bits per heavy atom. The summed E-state index contributed by atoms with van der Waals surface area (Å²) in [6.07, 6.45) is 0. The second kappa shape index (κ2) is 5.37. The van der Waals surface area contributed by atoms with Crippen LogP contribution in [0.25, 0.3) is 0 Å². The quantitative estimate of drug-likeness (QED) is 0.788. The first-order chi connectivity index (χ1) is 8.16. The molecule has 0 aromatic heterocycles. The van der Waals surface area contributed by atoms with Crippen LogP contribution < -0.4 is 0 Å². The highest BCUT2D eigenvalue weighted by Gasteiger charge is 2.22. The molecule has 1 unspecified atom stereocenters. The van der Waals surface area contributed by atoms with Gasteiger partial charge in [-0.05, 0) is 19.4 Å². The molecule has 1 heterocycles. The summed E-state index contributed by atoms with van der Waals surface area (Å²) in [5.41, 5.74) is 2.60. The fourth-order valence-electron chi connectivity index (χ4n) is 2.39. The third kappa shape index (κ3) is 3.10. The van der Waals surface area contributed by atoms with Crippen LogP contribution in [0.1, 0.15) is 19.4 Å². The summed E-state index contributed by atoms with van der Waals surface area (Å²) in [5.74, 6) is 0. The summed E-state index contributed by atoms with van der Waals surface area (Å²) in [4.78, 5) is 4.93. The lowest BCUT2D eigenvalue weighted by molar-refractivity contribution is 0.0983. The molecule has 0 amide bonds. The van der Waals surface area contributed by atoms with Crippen LogP contribution in [0.4, 0.5) is 0 Å². The van der Waals surface area contributed by atoms with Gasteiger partial charge in [-0.3, -0.25) is 4.90 Å². The molecule has 1 atom stereocenters. The van der Waals surface area contributed by atoms with Gasteiger partial charge in [-0.15, -0.1) is 0 Å². The molecule has 92 valence electrons. The predicted molar refractivity (Wildman–Crippen MR) is 72.7 cm³/mol. The van der Waals surface area contributed by atoms with Gasteiger partial charge in [0.2, 0.25) is 0 Å². The van der Waals surface area contributed by atoms with Crippen molar-refractivity contribution in [1.29, 1.82) is 0 Å². The van der Waals surface area contributed by atoms with Crippen molar-refractivity contribution in [3.05, 3.63) is 48.2 Å². The van der Waals surface area contributed by atoms with Crippen molar-refractivity contribution in [2.75, 3.05) is 19.6 Å². The smallest absolute Gasteiger partial charge is 0.0329 e.